The third kappa shape index (κ3) is 4.63. The highest BCUT2D eigenvalue weighted by molar-refractivity contribution is 5.92. The molecule has 0 fully saturated rings. The molecule has 2 aromatic heterocycles. The number of amides is 1. The van der Waals surface area contributed by atoms with E-state index in [2.05, 4.69) is 51.6 Å². The van der Waals surface area contributed by atoms with Crippen molar-refractivity contribution in [2.75, 3.05) is 5.32 Å². The van der Waals surface area contributed by atoms with E-state index in [1.807, 2.05) is 24.3 Å². The van der Waals surface area contributed by atoms with Gasteiger partial charge >= 0.3 is 0 Å². The number of pyridine rings is 1. The predicted molar refractivity (Wildman–Crippen MR) is 101 cm³/mol. The van der Waals surface area contributed by atoms with Crippen LogP contribution in [0.1, 0.15) is 41.4 Å². The second kappa shape index (κ2) is 8.20. The number of benzene rings is 1. The Balaban J connectivity index is 1.58. The summed E-state index contributed by atoms with van der Waals surface area (Å²) in [6.07, 6.45) is 6.42. The van der Waals surface area contributed by atoms with E-state index in [-0.39, 0.29) is 11.6 Å². The predicted octanol–water partition coefficient (Wildman–Crippen LogP) is 3.67. The smallest absolute Gasteiger partial charge is 0.271 e. The maximum Gasteiger partial charge on any atom is 0.271 e. The summed E-state index contributed by atoms with van der Waals surface area (Å²) in [6, 6.07) is 11.9. The van der Waals surface area contributed by atoms with E-state index in [1.165, 1.54) is 11.8 Å². The molecule has 1 amide bonds. The van der Waals surface area contributed by atoms with E-state index in [0.717, 1.165) is 11.3 Å². The van der Waals surface area contributed by atoms with Gasteiger partial charge in [0.05, 0.1) is 12.4 Å². The normalized spacial score (nSPS) is 10.6. The van der Waals surface area contributed by atoms with E-state index < -0.39 is 0 Å². The van der Waals surface area contributed by atoms with Gasteiger partial charge < -0.3 is 10.6 Å². The van der Waals surface area contributed by atoms with Crippen LogP contribution in [0.15, 0.2) is 61.2 Å². The molecule has 0 bridgehead atoms. The average molecular weight is 347 g/mol. The Morgan fingerprint density at radius 2 is 1.85 bits per heavy atom. The van der Waals surface area contributed by atoms with Crippen LogP contribution in [0.3, 0.4) is 0 Å². The summed E-state index contributed by atoms with van der Waals surface area (Å²) in [6.45, 7) is 4.72. The summed E-state index contributed by atoms with van der Waals surface area (Å²) in [5, 5.41) is 5.98. The minimum atomic E-state index is -0.269. The van der Waals surface area contributed by atoms with Gasteiger partial charge in [0, 0.05) is 24.6 Å². The molecular formula is C20H21N5O. The van der Waals surface area contributed by atoms with E-state index >= 15 is 0 Å². The number of aromatic nitrogens is 3. The van der Waals surface area contributed by atoms with Gasteiger partial charge in [0.2, 0.25) is 0 Å². The summed E-state index contributed by atoms with van der Waals surface area (Å²) < 4.78 is 0. The molecular weight excluding hydrogens is 326 g/mol. The zero-order valence-electron chi connectivity index (χ0n) is 14.8. The maximum atomic E-state index is 12.1. The molecule has 6 nitrogen and oxygen atoms in total. The number of anilines is 2. The molecule has 3 rings (SSSR count). The molecule has 132 valence electrons. The average Bonchev–Trinajstić information content (AvgIpc) is 2.68. The van der Waals surface area contributed by atoms with Crippen molar-refractivity contribution >= 4 is 17.4 Å². The SMILES string of the molecule is CC(C)c1ccc(Nc2cnc(C(=O)NCc3cccnc3)cn2)cc1. The lowest BCUT2D eigenvalue weighted by Gasteiger charge is -2.09. The van der Waals surface area contributed by atoms with Crippen LogP contribution in [-0.4, -0.2) is 20.9 Å². The number of rotatable bonds is 6. The highest BCUT2D eigenvalue weighted by atomic mass is 16.1. The Bertz CT molecular complexity index is 846. The van der Waals surface area contributed by atoms with Crippen LogP contribution in [0.4, 0.5) is 11.5 Å². The van der Waals surface area contributed by atoms with E-state index in [4.69, 9.17) is 0 Å². The highest BCUT2D eigenvalue weighted by Gasteiger charge is 2.08. The van der Waals surface area contributed by atoms with Gasteiger partial charge in [-0.3, -0.25) is 9.78 Å². The van der Waals surface area contributed by atoms with Crippen LogP contribution < -0.4 is 10.6 Å². The number of carbonyl (C=O) groups is 1. The Morgan fingerprint density at radius 1 is 1.04 bits per heavy atom. The van der Waals surface area contributed by atoms with Gasteiger partial charge in [-0.05, 0) is 35.2 Å². The fourth-order valence-electron chi connectivity index (χ4n) is 2.38. The van der Waals surface area contributed by atoms with Gasteiger partial charge in [-0.25, -0.2) is 9.97 Å². The third-order valence-corrected chi connectivity index (χ3v) is 3.91. The van der Waals surface area contributed by atoms with Crippen molar-refractivity contribution in [3.05, 3.63) is 78.0 Å². The Kier molecular flexibility index (Phi) is 5.53. The van der Waals surface area contributed by atoms with Crippen LogP contribution in [0.5, 0.6) is 0 Å². The van der Waals surface area contributed by atoms with Crippen LogP contribution in [0.2, 0.25) is 0 Å². The molecule has 1 aromatic carbocycles. The number of nitrogens with zero attached hydrogens (tertiary/aromatic N) is 3. The summed E-state index contributed by atoms with van der Waals surface area (Å²) in [4.78, 5) is 24.6. The monoisotopic (exact) mass is 347 g/mol. The lowest BCUT2D eigenvalue weighted by Crippen LogP contribution is -2.24. The zero-order valence-corrected chi connectivity index (χ0v) is 14.8. The standard InChI is InChI=1S/C20H21N5O/c1-14(2)16-5-7-17(8-6-16)25-19-13-22-18(12-23-19)20(26)24-11-15-4-3-9-21-10-15/h3-10,12-14H,11H2,1-2H3,(H,23,25)(H,24,26). The third-order valence-electron chi connectivity index (χ3n) is 3.91. The second-order valence-corrected chi connectivity index (χ2v) is 6.23. The van der Waals surface area contributed by atoms with Crippen LogP contribution in [-0.2, 0) is 6.54 Å². The second-order valence-electron chi connectivity index (χ2n) is 6.23. The topological polar surface area (TPSA) is 79.8 Å². The number of carbonyl (C=O) groups excluding carboxylic acids is 1. The summed E-state index contributed by atoms with van der Waals surface area (Å²) >= 11 is 0. The van der Waals surface area contributed by atoms with Gasteiger partial charge in [0.1, 0.15) is 11.5 Å². The summed E-state index contributed by atoms with van der Waals surface area (Å²) in [7, 11) is 0. The lowest BCUT2D eigenvalue weighted by molar-refractivity contribution is 0.0945. The van der Waals surface area contributed by atoms with E-state index in [0.29, 0.717) is 18.3 Å². The molecule has 2 N–H and O–H groups in total. The Hall–Kier alpha value is -3.28. The van der Waals surface area contributed by atoms with Gasteiger partial charge in [-0.1, -0.05) is 32.0 Å². The first-order valence-electron chi connectivity index (χ1n) is 8.48. The molecule has 0 saturated carbocycles. The van der Waals surface area contributed by atoms with Gasteiger partial charge in [0.15, 0.2) is 0 Å². The van der Waals surface area contributed by atoms with Crippen LogP contribution in [0, 0.1) is 0 Å². The number of hydrogen-bond donors (Lipinski definition) is 2. The number of hydrogen-bond acceptors (Lipinski definition) is 5. The molecule has 0 unspecified atom stereocenters. The molecule has 2 heterocycles. The van der Waals surface area contributed by atoms with Crippen molar-refractivity contribution in [2.24, 2.45) is 0 Å². The van der Waals surface area contributed by atoms with Crippen molar-refractivity contribution in [1.29, 1.82) is 0 Å². The fraction of sp³-hybridized carbons (Fsp3) is 0.200. The Morgan fingerprint density at radius 3 is 2.46 bits per heavy atom. The van der Waals surface area contributed by atoms with Crippen molar-refractivity contribution in [1.82, 2.24) is 20.3 Å². The molecule has 0 atom stereocenters. The molecule has 3 aromatic rings. The fourth-order valence-corrected chi connectivity index (χ4v) is 2.38. The molecule has 0 aliphatic carbocycles. The molecule has 0 aliphatic rings. The Labute approximate surface area is 152 Å². The lowest BCUT2D eigenvalue weighted by atomic mass is 10.0. The van der Waals surface area contributed by atoms with Crippen molar-refractivity contribution < 1.29 is 4.79 Å². The van der Waals surface area contributed by atoms with E-state index in [1.54, 1.807) is 18.6 Å². The molecule has 0 radical (unpaired) electrons. The minimum absolute atomic E-state index is 0.269. The molecule has 0 aliphatic heterocycles. The first kappa shape index (κ1) is 17.5. The molecule has 0 spiro atoms. The van der Waals surface area contributed by atoms with Gasteiger partial charge in [-0.15, -0.1) is 0 Å². The van der Waals surface area contributed by atoms with Crippen LogP contribution >= 0.6 is 0 Å². The van der Waals surface area contributed by atoms with Gasteiger partial charge in [0.25, 0.3) is 5.91 Å². The van der Waals surface area contributed by atoms with Crippen molar-refractivity contribution in [3.8, 4) is 0 Å². The quantitative estimate of drug-likeness (QED) is 0.711. The van der Waals surface area contributed by atoms with Gasteiger partial charge in [-0.2, -0.15) is 0 Å². The number of nitrogens with one attached hydrogen (secondary N) is 2. The first-order chi connectivity index (χ1) is 12.6. The molecule has 26 heavy (non-hydrogen) atoms. The minimum Gasteiger partial charge on any atom is -0.347 e. The first-order valence-corrected chi connectivity index (χ1v) is 8.48. The van der Waals surface area contributed by atoms with Crippen molar-refractivity contribution in [3.63, 3.8) is 0 Å². The molecule has 6 heteroatoms. The zero-order chi connectivity index (χ0) is 18.4. The molecule has 0 saturated heterocycles. The van der Waals surface area contributed by atoms with Crippen LogP contribution in [0.25, 0.3) is 0 Å². The summed E-state index contributed by atoms with van der Waals surface area (Å²) in [5.74, 6) is 0.814. The van der Waals surface area contributed by atoms with Crippen molar-refractivity contribution in [2.45, 2.75) is 26.3 Å². The highest BCUT2D eigenvalue weighted by Crippen LogP contribution is 2.19. The maximum absolute atomic E-state index is 12.1. The largest absolute Gasteiger partial charge is 0.347 e. The summed E-state index contributed by atoms with van der Waals surface area (Å²) in [5.41, 5.74) is 3.41. The van der Waals surface area contributed by atoms with E-state index in [9.17, 15) is 4.79 Å².